The lowest BCUT2D eigenvalue weighted by atomic mass is 9.71. The third-order valence-electron chi connectivity index (χ3n) is 10.3. The summed E-state index contributed by atoms with van der Waals surface area (Å²) in [6.07, 6.45) is 1.87. The fourth-order valence-corrected chi connectivity index (χ4v) is 8.22. The molecular formula is C39H45N3O12. The first kappa shape index (κ1) is 39.7. The molecule has 3 aliphatic rings. The van der Waals surface area contributed by atoms with Crippen LogP contribution in [0.5, 0.6) is 34.5 Å². The van der Waals surface area contributed by atoms with Gasteiger partial charge in [0, 0.05) is 78.7 Å². The van der Waals surface area contributed by atoms with Crippen LogP contribution in [0.25, 0.3) is 0 Å². The van der Waals surface area contributed by atoms with Crippen LogP contribution in [0.15, 0.2) is 11.6 Å². The van der Waals surface area contributed by atoms with Gasteiger partial charge < -0.3 is 33.2 Å². The van der Waals surface area contributed by atoms with Crippen molar-refractivity contribution in [2.24, 2.45) is 0 Å². The van der Waals surface area contributed by atoms with Crippen LogP contribution in [0.4, 0.5) is 0 Å². The molecule has 0 spiro atoms. The molecule has 1 fully saturated rings. The third kappa shape index (κ3) is 6.75. The van der Waals surface area contributed by atoms with Gasteiger partial charge >= 0.3 is 29.8 Å². The van der Waals surface area contributed by atoms with Crippen LogP contribution >= 0.6 is 0 Å². The van der Waals surface area contributed by atoms with Gasteiger partial charge in [0.25, 0.3) is 0 Å². The Morgan fingerprint density at radius 3 is 1.61 bits per heavy atom. The maximum absolute atomic E-state index is 13.2. The van der Waals surface area contributed by atoms with Gasteiger partial charge in [-0.1, -0.05) is 6.08 Å². The lowest BCUT2D eigenvalue weighted by Crippen LogP contribution is -2.68. The Bertz CT molecular complexity index is 2010. The Morgan fingerprint density at radius 2 is 1.17 bits per heavy atom. The highest BCUT2D eigenvalue weighted by Crippen LogP contribution is 2.59. The molecule has 3 heterocycles. The van der Waals surface area contributed by atoms with E-state index in [0.717, 1.165) is 0 Å². The average Bonchev–Trinajstić information content (AvgIpc) is 3.09. The van der Waals surface area contributed by atoms with Crippen molar-refractivity contribution in [3.8, 4) is 40.6 Å². The number of esters is 5. The summed E-state index contributed by atoms with van der Waals surface area (Å²) >= 11 is 0. The van der Waals surface area contributed by atoms with E-state index in [0.29, 0.717) is 39.0 Å². The smallest absolute Gasteiger partial charge is 0.333 e. The van der Waals surface area contributed by atoms with E-state index in [4.69, 9.17) is 33.2 Å². The number of rotatable bonds is 9. The molecule has 2 aromatic carbocycles. The number of fused-ring (bicyclic) bond motifs is 7. The Morgan fingerprint density at radius 1 is 0.722 bits per heavy atom. The van der Waals surface area contributed by atoms with E-state index >= 15 is 0 Å². The zero-order valence-electron chi connectivity index (χ0n) is 32.3. The van der Waals surface area contributed by atoms with Gasteiger partial charge in [-0.15, -0.1) is 0 Å². The highest BCUT2D eigenvalue weighted by molar-refractivity contribution is 5.87. The number of carbonyl (C=O) groups excluding carboxylic acids is 5. The summed E-state index contributed by atoms with van der Waals surface area (Å²) in [4.78, 5) is 67.7. The minimum absolute atomic E-state index is 0.0341. The molecule has 0 saturated carbocycles. The van der Waals surface area contributed by atoms with E-state index in [1.54, 1.807) is 33.8 Å². The lowest BCUT2D eigenvalue weighted by Gasteiger charge is -2.60. The molecule has 15 heteroatoms. The van der Waals surface area contributed by atoms with E-state index in [1.165, 1.54) is 41.9 Å². The fraction of sp³-hybridized carbons (Fsp3) is 0.487. The van der Waals surface area contributed by atoms with Crippen molar-refractivity contribution in [2.45, 2.75) is 98.4 Å². The van der Waals surface area contributed by atoms with Crippen LogP contribution in [0.3, 0.4) is 0 Å². The topological polar surface area (TPSA) is 180 Å². The first-order valence-corrected chi connectivity index (χ1v) is 17.4. The molecular weight excluding hydrogens is 702 g/mol. The van der Waals surface area contributed by atoms with Gasteiger partial charge in [-0.05, 0) is 47.6 Å². The number of allylic oxidation sites excluding steroid dienone is 1. The van der Waals surface area contributed by atoms with Crippen LogP contribution in [0.1, 0.15) is 87.0 Å². The van der Waals surface area contributed by atoms with Crippen LogP contribution in [0, 0.1) is 25.2 Å². The molecule has 0 N–H and O–H groups in total. The summed E-state index contributed by atoms with van der Waals surface area (Å²) in [5.41, 5.74) is 3.01. The monoisotopic (exact) mass is 747 g/mol. The summed E-state index contributed by atoms with van der Waals surface area (Å²) in [5.74, 6) is -2.23. The summed E-state index contributed by atoms with van der Waals surface area (Å²) in [6, 6.07) is -1.30. The van der Waals surface area contributed by atoms with E-state index in [9.17, 15) is 29.2 Å². The summed E-state index contributed by atoms with van der Waals surface area (Å²) in [5, 5.41) is 11.0. The van der Waals surface area contributed by atoms with Gasteiger partial charge in [-0.2, -0.15) is 5.26 Å². The standard InChI is InChI=1S/C39H45N3O12/c1-12-17(2)39(47)50-16-29-30-24(33(51-20(5)43)18(3)35(48-10)37(30)53-22(7)45)14-27-32-31-25(13-26(41(32)9)28(15-40)42(27)29)34(52-21(6)44)19(4)36(49-11)38(31)54-23(8)46/h12,26-29,32H,13-14,16H2,1-11H3/b17-12+/t26-,27-,28-,29-,32-/m0/s1. The highest BCUT2D eigenvalue weighted by atomic mass is 16.6. The van der Waals surface area contributed by atoms with Gasteiger partial charge in [-0.25, -0.2) is 4.79 Å². The highest BCUT2D eigenvalue weighted by Gasteiger charge is 2.58. The molecule has 54 heavy (non-hydrogen) atoms. The molecule has 288 valence electrons. The van der Waals surface area contributed by atoms with Crippen molar-refractivity contribution in [3.63, 3.8) is 0 Å². The van der Waals surface area contributed by atoms with Crippen molar-refractivity contribution in [3.05, 3.63) is 45.0 Å². The van der Waals surface area contributed by atoms with Gasteiger partial charge in [0.1, 0.15) is 24.1 Å². The second-order valence-electron chi connectivity index (χ2n) is 13.6. The molecule has 2 aromatic rings. The van der Waals surface area contributed by atoms with E-state index < -0.39 is 60.1 Å². The van der Waals surface area contributed by atoms with Gasteiger partial charge in [0.15, 0.2) is 23.0 Å². The lowest BCUT2D eigenvalue weighted by molar-refractivity contribution is -0.145. The molecule has 0 amide bonds. The van der Waals surface area contributed by atoms with Crippen LogP contribution in [-0.2, 0) is 41.6 Å². The molecule has 0 radical (unpaired) electrons. The van der Waals surface area contributed by atoms with E-state index in [1.807, 2.05) is 16.8 Å². The average molecular weight is 748 g/mol. The minimum Gasteiger partial charge on any atom is -0.492 e. The number of methoxy groups -OCH3 is 2. The number of carbonyl (C=O) groups is 5. The Labute approximate surface area is 313 Å². The van der Waals surface area contributed by atoms with Crippen molar-refractivity contribution in [1.82, 2.24) is 9.80 Å². The molecule has 15 nitrogen and oxygen atoms in total. The Balaban J connectivity index is 1.92. The number of ether oxygens (including phenoxy) is 7. The predicted octanol–water partition coefficient (Wildman–Crippen LogP) is 4.30. The number of benzene rings is 2. The SMILES string of the molecule is C/C=C(\C)C(=O)OC[C@H]1c2c(c(OC(C)=O)c(C)c(OC)c2OC(C)=O)C[C@H]2[C@H]3c4c(c(OC(C)=O)c(C)c(OC)c4OC(C)=O)C[C@@H]([C@H](C#N)N12)N3C. The second kappa shape index (κ2) is 15.5. The first-order chi connectivity index (χ1) is 25.5. The van der Waals surface area contributed by atoms with Gasteiger partial charge in [-0.3, -0.25) is 29.0 Å². The zero-order valence-corrected chi connectivity index (χ0v) is 32.3. The molecule has 1 saturated heterocycles. The summed E-state index contributed by atoms with van der Waals surface area (Å²) < 4.78 is 41.0. The van der Waals surface area contributed by atoms with Crippen LogP contribution in [-0.4, -0.2) is 85.6 Å². The van der Waals surface area contributed by atoms with E-state index in [2.05, 4.69) is 6.07 Å². The van der Waals surface area contributed by atoms with Crippen LogP contribution < -0.4 is 28.4 Å². The number of nitriles is 1. The molecule has 2 bridgehead atoms. The minimum atomic E-state index is -0.965. The molecule has 0 aliphatic carbocycles. The van der Waals surface area contributed by atoms with Crippen molar-refractivity contribution < 1.29 is 57.1 Å². The molecule has 0 aromatic heterocycles. The molecule has 5 atom stereocenters. The Kier molecular flexibility index (Phi) is 11.4. The number of hydrogen-bond acceptors (Lipinski definition) is 15. The number of hydrogen-bond donors (Lipinski definition) is 0. The maximum atomic E-state index is 13.2. The summed E-state index contributed by atoms with van der Waals surface area (Å²) in [7, 11) is 4.66. The van der Waals surface area contributed by atoms with Crippen molar-refractivity contribution in [1.29, 1.82) is 5.26 Å². The Hall–Kier alpha value is -5.46. The molecule has 3 aliphatic heterocycles. The quantitative estimate of drug-likeness (QED) is 0.201. The van der Waals surface area contributed by atoms with E-state index in [-0.39, 0.29) is 53.9 Å². The molecule has 0 unspecified atom stereocenters. The molecule has 5 rings (SSSR count). The number of likely N-dealkylation sites (N-methyl/N-ethyl adjacent to an activating group) is 1. The largest absolute Gasteiger partial charge is 0.492 e. The number of nitrogens with zero attached hydrogens (tertiary/aromatic N) is 3. The fourth-order valence-electron chi connectivity index (χ4n) is 8.22. The summed E-state index contributed by atoms with van der Waals surface area (Å²) in [6.45, 7) is 11.4. The second-order valence-corrected chi connectivity index (χ2v) is 13.6. The normalized spacial score (nSPS) is 21.7. The first-order valence-electron chi connectivity index (χ1n) is 17.4. The zero-order chi connectivity index (χ0) is 39.9. The third-order valence-corrected chi connectivity index (χ3v) is 10.3. The van der Waals surface area contributed by atoms with Gasteiger partial charge in [0.05, 0.1) is 32.4 Å². The van der Waals surface area contributed by atoms with Crippen molar-refractivity contribution in [2.75, 3.05) is 27.9 Å². The van der Waals surface area contributed by atoms with Crippen molar-refractivity contribution >= 4 is 29.8 Å². The maximum Gasteiger partial charge on any atom is 0.333 e. The number of piperazine rings is 1. The predicted molar refractivity (Wildman–Crippen MR) is 191 cm³/mol. The van der Waals surface area contributed by atoms with Crippen LogP contribution in [0.2, 0.25) is 0 Å². The van der Waals surface area contributed by atoms with Gasteiger partial charge in [0.2, 0.25) is 0 Å².